The van der Waals surface area contributed by atoms with Crippen molar-refractivity contribution in [1.29, 1.82) is 0 Å². The molecule has 10 heavy (non-hydrogen) atoms. The minimum Gasteiger partial charge on any atom is -0.392 e. The van der Waals surface area contributed by atoms with E-state index in [1.807, 2.05) is 27.7 Å². The van der Waals surface area contributed by atoms with Crippen LogP contribution < -0.4 is 0 Å². The van der Waals surface area contributed by atoms with Crippen LogP contribution in [0.2, 0.25) is 0 Å². The molecule has 0 rings (SSSR count). The summed E-state index contributed by atoms with van der Waals surface area (Å²) < 4.78 is 0. The molecule has 1 nitrogen and oxygen atoms in total. The van der Waals surface area contributed by atoms with Crippen LogP contribution in [-0.2, 0) is 0 Å². The van der Waals surface area contributed by atoms with Crippen LogP contribution in [0.15, 0.2) is 12.7 Å². The standard InChI is InChI=1S/C9H18O/c1-6-7(2)8(10)9(3,4)5/h6-8,10H,1H2,2-5H3/t7-,8+/m0/s1. The minimum absolute atomic E-state index is 0.0341. The first-order valence-corrected chi connectivity index (χ1v) is 3.70. The molecule has 60 valence electrons. The molecule has 0 aliphatic carbocycles. The maximum Gasteiger partial charge on any atom is 0.0648 e. The molecule has 0 heterocycles. The molecule has 0 aliphatic rings. The third kappa shape index (κ3) is 2.53. The smallest absolute Gasteiger partial charge is 0.0648 e. The second-order valence-corrected chi connectivity index (χ2v) is 3.91. The maximum atomic E-state index is 9.58. The Bertz CT molecular complexity index is 110. The van der Waals surface area contributed by atoms with Gasteiger partial charge in [-0.2, -0.15) is 0 Å². The van der Waals surface area contributed by atoms with Crippen molar-refractivity contribution in [3.63, 3.8) is 0 Å². The Morgan fingerprint density at radius 3 is 1.90 bits per heavy atom. The summed E-state index contributed by atoms with van der Waals surface area (Å²) in [6.45, 7) is 11.7. The predicted molar refractivity (Wildman–Crippen MR) is 44.8 cm³/mol. The second-order valence-electron chi connectivity index (χ2n) is 3.91. The van der Waals surface area contributed by atoms with Crippen LogP contribution in [0.3, 0.4) is 0 Å². The monoisotopic (exact) mass is 142 g/mol. The third-order valence-electron chi connectivity index (χ3n) is 1.76. The lowest BCUT2D eigenvalue weighted by Gasteiger charge is -2.29. The summed E-state index contributed by atoms with van der Waals surface area (Å²) in [6, 6.07) is 0. The lowest BCUT2D eigenvalue weighted by Crippen LogP contribution is -2.31. The van der Waals surface area contributed by atoms with Crippen molar-refractivity contribution in [3.8, 4) is 0 Å². The van der Waals surface area contributed by atoms with E-state index in [9.17, 15) is 5.11 Å². The van der Waals surface area contributed by atoms with Crippen molar-refractivity contribution in [2.24, 2.45) is 11.3 Å². The van der Waals surface area contributed by atoms with E-state index in [2.05, 4.69) is 6.58 Å². The zero-order valence-corrected chi connectivity index (χ0v) is 7.39. The number of hydrogen-bond donors (Lipinski definition) is 1. The molecule has 1 N–H and O–H groups in total. The lowest BCUT2D eigenvalue weighted by molar-refractivity contribution is 0.0339. The molecule has 2 atom stereocenters. The van der Waals surface area contributed by atoms with Gasteiger partial charge in [-0.15, -0.1) is 6.58 Å². The first-order chi connectivity index (χ1) is 4.39. The highest BCUT2D eigenvalue weighted by molar-refractivity contribution is 4.87. The zero-order chi connectivity index (χ0) is 8.36. The zero-order valence-electron chi connectivity index (χ0n) is 7.39. The van der Waals surface area contributed by atoms with Crippen LogP contribution in [0.1, 0.15) is 27.7 Å². The quantitative estimate of drug-likeness (QED) is 0.586. The molecule has 0 aromatic carbocycles. The normalized spacial score (nSPS) is 18.1. The van der Waals surface area contributed by atoms with Crippen molar-refractivity contribution in [2.45, 2.75) is 33.8 Å². The average Bonchev–Trinajstić information content (AvgIpc) is 1.83. The maximum absolute atomic E-state index is 9.58. The number of hydrogen-bond acceptors (Lipinski definition) is 1. The third-order valence-corrected chi connectivity index (χ3v) is 1.76. The summed E-state index contributed by atoms with van der Waals surface area (Å²) in [7, 11) is 0. The molecular formula is C9H18O. The highest BCUT2D eigenvalue weighted by Crippen LogP contribution is 2.25. The molecule has 0 spiro atoms. The first kappa shape index (κ1) is 9.70. The van der Waals surface area contributed by atoms with E-state index in [0.29, 0.717) is 0 Å². The topological polar surface area (TPSA) is 20.2 Å². The molecule has 0 fully saturated rings. The van der Waals surface area contributed by atoms with Crippen molar-refractivity contribution in [3.05, 3.63) is 12.7 Å². The SMILES string of the molecule is C=C[C@H](C)[C@@H](O)C(C)(C)C. The van der Waals surface area contributed by atoms with E-state index in [0.717, 1.165) is 0 Å². The molecule has 1 heteroatoms. The predicted octanol–water partition coefficient (Wildman–Crippen LogP) is 2.22. The van der Waals surface area contributed by atoms with Crippen LogP contribution in [0, 0.1) is 11.3 Å². The van der Waals surface area contributed by atoms with E-state index in [-0.39, 0.29) is 17.4 Å². The molecule has 0 aromatic heterocycles. The van der Waals surface area contributed by atoms with Crippen LogP contribution >= 0.6 is 0 Å². The summed E-state index contributed by atoms with van der Waals surface area (Å²) in [5.41, 5.74) is -0.0341. The molecule has 0 saturated heterocycles. The van der Waals surface area contributed by atoms with Gasteiger partial charge in [-0.25, -0.2) is 0 Å². The van der Waals surface area contributed by atoms with Crippen LogP contribution in [0.4, 0.5) is 0 Å². The van der Waals surface area contributed by atoms with Crippen LogP contribution in [0.5, 0.6) is 0 Å². The van der Waals surface area contributed by atoms with Crippen molar-refractivity contribution in [2.75, 3.05) is 0 Å². The Labute approximate surface area is 63.8 Å². The van der Waals surface area contributed by atoms with Gasteiger partial charge in [0.1, 0.15) is 0 Å². The molecule has 0 bridgehead atoms. The van der Waals surface area contributed by atoms with E-state index < -0.39 is 0 Å². The van der Waals surface area contributed by atoms with Crippen molar-refractivity contribution < 1.29 is 5.11 Å². The Hall–Kier alpha value is -0.300. The molecular weight excluding hydrogens is 124 g/mol. The second kappa shape index (κ2) is 3.20. The van der Waals surface area contributed by atoms with Gasteiger partial charge < -0.3 is 5.11 Å². The Morgan fingerprint density at radius 2 is 1.80 bits per heavy atom. The summed E-state index contributed by atoms with van der Waals surface area (Å²) in [5.74, 6) is 0.181. The fourth-order valence-corrected chi connectivity index (χ4v) is 0.918. The number of aliphatic hydroxyl groups is 1. The van der Waals surface area contributed by atoms with Crippen molar-refractivity contribution in [1.82, 2.24) is 0 Å². The highest BCUT2D eigenvalue weighted by atomic mass is 16.3. The van der Waals surface area contributed by atoms with Gasteiger partial charge in [0.2, 0.25) is 0 Å². The first-order valence-electron chi connectivity index (χ1n) is 3.70. The van der Waals surface area contributed by atoms with Gasteiger partial charge in [-0.1, -0.05) is 33.8 Å². The molecule has 0 saturated carbocycles. The van der Waals surface area contributed by atoms with E-state index >= 15 is 0 Å². The highest BCUT2D eigenvalue weighted by Gasteiger charge is 2.25. The van der Waals surface area contributed by atoms with Crippen LogP contribution in [0.25, 0.3) is 0 Å². The molecule has 0 aliphatic heterocycles. The lowest BCUT2D eigenvalue weighted by atomic mass is 9.82. The van der Waals surface area contributed by atoms with Gasteiger partial charge in [-0.05, 0) is 5.41 Å². The van der Waals surface area contributed by atoms with Gasteiger partial charge in [-0.3, -0.25) is 0 Å². The fourth-order valence-electron chi connectivity index (χ4n) is 0.918. The Morgan fingerprint density at radius 1 is 1.40 bits per heavy atom. The van der Waals surface area contributed by atoms with Gasteiger partial charge in [0.15, 0.2) is 0 Å². The summed E-state index contributed by atoms with van der Waals surface area (Å²) >= 11 is 0. The number of aliphatic hydroxyl groups excluding tert-OH is 1. The summed E-state index contributed by atoms with van der Waals surface area (Å²) in [4.78, 5) is 0. The fraction of sp³-hybridized carbons (Fsp3) is 0.778. The van der Waals surface area contributed by atoms with Gasteiger partial charge >= 0.3 is 0 Å². The Kier molecular flexibility index (Phi) is 3.10. The van der Waals surface area contributed by atoms with E-state index in [1.165, 1.54) is 0 Å². The van der Waals surface area contributed by atoms with E-state index in [1.54, 1.807) is 6.08 Å². The molecule has 0 aromatic rings. The minimum atomic E-state index is -0.287. The summed E-state index contributed by atoms with van der Waals surface area (Å²) in [6.07, 6.45) is 1.50. The number of rotatable bonds is 2. The Balaban J connectivity index is 4.07. The molecule has 0 amide bonds. The van der Waals surface area contributed by atoms with Gasteiger partial charge in [0.25, 0.3) is 0 Å². The van der Waals surface area contributed by atoms with Gasteiger partial charge in [0.05, 0.1) is 6.10 Å². The van der Waals surface area contributed by atoms with Crippen molar-refractivity contribution >= 4 is 0 Å². The largest absolute Gasteiger partial charge is 0.392 e. The van der Waals surface area contributed by atoms with Gasteiger partial charge in [0, 0.05) is 5.92 Å². The van der Waals surface area contributed by atoms with Crippen LogP contribution in [-0.4, -0.2) is 11.2 Å². The summed E-state index contributed by atoms with van der Waals surface area (Å²) in [5, 5.41) is 9.58. The average molecular weight is 142 g/mol. The molecule has 0 unspecified atom stereocenters. The molecule has 0 radical (unpaired) electrons. The van der Waals surface area contributed by atoms with E-state index in [4.69, 9.17) is 0 Å².